The van der Waals surface area contributed by atoms with Gasteiger partial charge in [0.05, 0.1) is 35.6 Å². The second kappa shape index (κ2) is 10.1. The minimum absolute atomic E-state index is 0.190. The summed E-state index contributed by atoms with van der Waals surface area (Å²) in [5, 5.41) is 0. The molecular formula is C26H24N2O6S. The maximum Gasteiger partial charge on any atom is 0.338 e. The van der Waals surface area contributed by atoms with Gasteiger partial charge in [-0.3, -0.25) is 14.2 Å². The number of fused-ring (bicyclic) bond motifs is 1. The summed E-state index contributed by atoms with van der Waals surface area (Å²) >= 11 is 1.25. The summed E-state index contributed by atoms with van der Waals surface area (Å²) in [6.45, 7) is 4.96. The van der Waals surface area contributed by atoms with Gasteiger partial charge in [0, 0.05) is 6.92 Å². The molecule has 0 radical (unpaired) electrons. The van der Waals surface area contributed by atoms with Gasteiger partial charge in [-0.1, -0.05) is 35.6 Å². The molecule has 0 aliphatic carbocycles. The first-order chi connectivity index (χ1) is 16.8. The Balaban J connectivity index is 1.88. The van der Waals surface area contributed by atoms with Gasteiger partial charge in [-0.25, -0.2) is 9.79 Å². The number of ether oxygens (including phenoxy) is 3. The third-order valence-electron chi connectivity index (χ3n) is 5.39. The van der Waals surface area contributed by atoms with Crippen LogP contribution in [-0.4, -0.2) is 30.2 Å². The largest absolute Gasteiger partial charge is 0.497 e. The Kier molecular flexibility index (Phi) is 6.97. The monoisotopic (exact) mass is 492 g/mol. The van der Waals surface area contributed by atoms with Gasteiger partial charge >= 0.3 is 11.9 Å². The fourth-order valence-corrected chi connectivity index (χ4v) is 4.89. The van der Waals surface area contributed by atoms with Crippen molar-refractivity contribution < 1.29 is 23.8 Å². The second-order valence-corrected chi connectivity index (χ2v) is 8.75. The Bertz CT molecular complexity index is 1480. The van der Waals surface area contributed by atoms with Crippen LogP contribution in [0.4, 0.5) is 0 Å². The summed E-state index contributed by atoms with van der Waals surface area (Å²) in [5.41, 5.74) is 1.99. The van der Waals surface area contributed by atoms with Crippen LogP contribution in [0.3, 0.4) is 0 Å². The number of methoxy groups -OCH3 is 1. The molecule has 1 atom stereocenters. The van der Waals surface area contributed by atoms with Gasteiger partial charge in [-0.15, -0.1) is 0 Å². The zero-order chi connectivity index (χ0) is 25.1. The molecule has 180 valence electrons. The zero-order valence-electron chi connectivity index (χ0n) is 19.7. The van der Waals surface area contributed by atoms with E-state index in [0.717, 1.165) is 11.3 Å². The lowest BCUT2D eigenvalue weighted by molar-refractivity contribution is -0.139. The van der Waals surface area contributed by atoms with Crippen molar-refractivity contribution in [1.82, 2.24) is 4.57 Å². The highest BCUT2D eigenvalue weighted by molar-refractivity contribution is 7.07. The van der Waals surface area contributed by atoms with Crippen LogP contribution < -0.4 is 24.4 Å². The minimum Gasteiger partial charge on any atom is -0.497 e. The van der Waals surface area contributed by atoms with Crippen LogP contribution in [0.1, 0.15) is 37.9 Å². The second-order valence-electron chi connectivity index (χ2n) is 7.74. The van der Waals surface area contributed by atoms with E-state index >= 15 is 0 Å². The fraction of sp³-hybridized carbons (Fsp3) is 0.231. The normalized spacial score (nSPS) is 15.3. The van der Waals surface area contributed by atoms with Crippen molar-refractivity contribution in [2.75, 3.05) is 13.7 Å². The van der Waals surface area contributed by atoms with Crippen LogP contribution in [0.2, 0.25) is 0 Å². The van der Waals surface area contributed by atoms with Crippen molar-refractivity contribution in [3.8, 4) is 11.5 Å². The van der Waals surface area contributed by atoms with Crippen LogP contribution >= 0.6 is 11.3 Å². The first-order valence-electron chi connectivity index (χ1n) is 10.9. The highest BCUT2D eigenvalue weighted by atomic mass is 32.1. The molecule has 4 rings (SSSR count). The number of rotatable bonds is 6. The summed E-state index contributed by atoms with van der Waals surface area (Å²) in [6, 6.07) is 13.3. The molecule has 9 heteroatoms. The Hall–Kier alpha value is -3.98. The van der Waals surface area contributed by atoms with Gasteiger partial charge in [0.25, 0.3) is 5.56 Å². The van der Waals surface area contributed by atoms with Gasteiger partial charge in [-0.2, -0.15) is 0 Å². The van der Waals surface area contributed by atoms with E-state index in [1.807, 2.05) is 24.3 Å². The molecule has 35 heavy (non-hydrogen) atoms. The molecule has 1 aliphatic heterocycles. The quantitative estimate of drug-likeness (QED) is 0.388. The molecule has 8 nitrogen and oxygen atoms in total. The van der Waals surface area contributed by atoms with Crippen LogP contribution in [-0.2, 0) is 14.3 Å². The topological polar surface area (TPSA) is 96.2 Å². The van der Waals surface area contributed by atoms with Gasteiger partial charge in [0.2, 0.25) is 0 Å². The average Bonchev–Trinajstić information content (AvgIpc) is 3.13. The maximum absolute atomic E-state index is 13.6. The van der Waals surface area contributed by atoms with E-state index in [9.17, 15) is 14.4 Å². The van der Waals surface area contributed by atoms with E-state index in [1.165, 1.54) is 22.8 Å². The Morgan fingerprint density at radius 2 is 1.74 bits per heavy atom. The lowest BCUT2D eigenvalue weighted by Gasteiger charge is -2.24. The number of carbonyl (C=O) groups is 2. The molecule has 0 spiro atoms. The molecule has 0 unspecified atom stereocenters. The minimum atomic E-state index is -0.741. The van der Waals surface area contributed by atoms with E-state index < -0.39 is 18.0 Å². The lowest BCUT2D eigenvalue weighted by Crippen LogP contribution is -2.39. The molecule has 0 amide bonds. The van der Waals surface area contributed by atoms with Crippen molar-refractivity contribution in [2.24, 2.45) is 4.99 Å². The number of hydrogen-bond donors (Lipinski definition) is 0. The van der Waals surface area contributed by atoms with E-state index in [4.69, 9.17) is 14.2 Å². The number of esters is 2. The van der Waals surface area contributed by atoms with E-state index in [1.54, 1.807) is 51.3 Å². The van der Waals surface area contributed by atoms with Crippen LogP contribution in [0, 0.1) is 0 Å². The average molecular weight is 493 g/mol. The van der Waals surface area contributed by atoms with Gasteiger partial charge in [0.1, 0.15) is 11.5 Å². The van der Waals surface area contributed by atoms with Crippen LogP contribution in [0.15, 0.2) is 69.6 Å². The SMILES string of the molecule is CCOC(=O)C1=C(C)N=c2sc(=Cc3ccc(OC)cc3)c(=O)n2[C@H]1c1ccc(OC(C)=O)cc1. The third kappa shape index (κ3) is 4.95. The summed E-state index contributed by atoms with van der Waals surface area (Å²) in [7, 11) is 1.59. The van der Waals surface area contributed by atoms with Gasteiger partial charge in [0.15, 0.2) is 4.80 Å². The predicted octanol–water partition coefficient (Wildman–Crippen LogP) is 2.73. The Labute approximate surface area is 205 Å². The van der Waals surface area contributed by atoms with Gasteiger partial charge in [-0.05, 0) is 55.3 Å². The summed E-state index contributed by atoms with van der Waals surface area (Å²) < 4.78 is 17.6. The maximum atomic E-state index is 13.6. The number of aromatic nitrogens is 1. The van der Waals surface area contributed by atoms with Crippen molar-refractivity contribution in [2.45, 2.75) is 26.8 Å². The van der Waals surface area contributed by atoms with Crippen molar-refractivity contribution in [1.29, 1.82) is 0 Å². The van der Waals surface area contributed by atoms with Crippen LogP contribution in [0.5, 0.6) is 11.5 Å². The number of carbonyl (C=O) groups excluding carboxylic acids is 2. The molecule has 0 bridgehead atoms. The standard InChI is InChI=1S/C26H24N2O6S/c1-5-33-25(31)22-15(2)27-26-28(23(22)18-8-12-20(13-9-18)34-16(3)29)24(30)21(35-26)14-17-6-10-19(32-4)11-7-17/h6-14,23H,5H2,1-4H3/t23-/m0/s1. The summed E-state index contributed by atoms with van der Waals surface area (Å²) in [4.78, 5) is 42.9. The third-order valence-corrected chi connectivity index (χ3v) is 6.37. The molecular weight excluding hydrogens is 468 g/mol. The van der Waals surface area contributed by atoms with Crippen molar-refractivity contribution >= 4 is 29.4 Å². The molecule has 3 aromatic rings. The van der Waals surface area contributed by atoms with Crippen LogP contribution in [0.25, 0.3) is 6.08 Å². The molecule has 0 N–H and O–H groups in total. The number of benzene rings is 2. The number of allylic oxidation sites excluding steroid dienone is 1. The van der Waals surface area contributed by atoms with E-state index in [0.29, 0.717) is 26.3 Å². The number of thiazole rings is 1. The number of nitrogens with zero attached hydrogens (tertiary/aromatic N) is 2. The van der Waals surface area contributed by atoms with E-state index in [2.05, 4.69) is 4.99 Å². The highest BCUT2D eigenvalue weighted by Gasteiger charge is 2.33. The molecule has 1 aromatic heterocycles. The Morgan fingerprint density at radius 3 is 2.34 bits per heavy atom. The molecule has 2 aromatic carbocycles. The van der Waals surface area contributed by atoms with E-state index in [-0.39, 0.29) is 17.7 Å². The molecule has 0 saturated carbocycles. The first kappa shape index (κ1) is 24.2. The molecule has 0 saturated heterocycles. The number of hydrogen-bond acceptors (Lipinski definition) is 8. The summed E-state index contributed by atoms with van der Waals surface area (Å²) in [6.07, 6.45) is 1.79. The fourth-order valence-electron chi connectivity index (χ4n) is 3.84. The van der Waals surface area contributed by atoms with Crippen molar-refractivity contribution in [3.63, 3.8) is 0 Å². The predicted molar refractivity (Wildman–Crippen MR) is 131 cm³/mol. The molecule has 2 heterocycles. The van der Waals surface area contributed by atoms with Crippen molar-refractivity contribution in [3.05, 3.63) is 90.6 Å². The summed E-state index contributed by atoms with van der Waals surface area (Å²) in [5.74, 6) is 0.113. The Morgan fingerprint density at radius 1 is 1.09 bits per heavy atom. The molecule has 0 fully saturated rings. The smallest absolute Gasteiger partial charge is 0.338 e. The zero-order valence-corrected chi connectivity index (χ0v) is 20.5. The highest BCUT2D eigenvalue weighted by Crippen LogP contribution is 2.31. The molecule has 1 aliphatic rings. The van der Waals surface area contributed by atoms with Gasteiger partial charge < -0.3 is 14.2 Å². The lowest BCUT2D eigenvalue weighted by atomic mass is 9.96. The first-order valence-corrected chi connectivity index (χ1v) is 11.8.